The molecule has 0 saturated heterocycles. The predicted octanol–water partition coefficient (Wildman–Crippen LogP) is -1.45. The number of hydrogen-bond donors (Lipinski definition) is 1. The van der Waals surface area contributed by atoms with Crippen LogP contribution in [0.25, 0.3) is 0 Å². The molecular weight excluding hydrogens is 210 g/mol. The fraction of sp³-hybridized carbons (Fsp3) is 0.857. The summed E-state index contributed by atoms with van der Waals surface area (Å²) in [6, 6.07) is 0. The first-order valence-electron chi connectivity index (χ1n) is 4.07. The van der Waals surface area contributed by atoms with Crippen molar-refractivity contribution in [1.29, 1.82) is 0 Å². The van der Waals surface area contributed by atoms with Gasteiger partial charge in [0, 0.05) is 6.54 Å². The summed E-state index contributed by atoms with van der Waals surface area (Å²) < 4.78 is 31.4. The highest BCUT2D eigenvalue weighted by Gasteiger charge is 2.16. The smallest absolute Gasteiger partial charge is 0.320 e. The van der Waals surface area contributed by atoms with Gasteiger partial charge in [0.15, 0.2) is 9.84 Å². The van der Waals surface area contributed by atoms with E-state index in [1.54, 1.807) is 0 Å². The summed E-state index contributed by atoms with van der Waals surface area (Å²) in [5, 5.41) is 0. The van der Waals surface area contributed by atoms with E-state index in [4.69, 9.17) is 10.5 Å². The molecule has 0 rings (SSSR count). The molecule has 0 aromatic heterocycles. The molecule has 2 N–H and O–H groups in total. The largest absolute Gasteiger partial charge is 0.468 e. The third-order valence-electron chi connectivity index (χ3n) is 1.37. The number of nitrogens with two attached hydrogens (primary N) is 1. The molecule has 0 aromatic rings. The van der Waals surface area contributed by atoms with Gasteiger partial charge in [0.2, 0.25) is 0 Å². The maximum absolute atomic E-state index is 11.2. The molecule has 0 aliphatic heterocycles. The molecule has 6 nitrogen and oxygen atoms in total. The minimum absolute atomic E-state index is 0.0521. The number of sulfone groups is 1. The van der Waals surface area contributed by atoms with Crippen molar-refractivity contribution in [3.05, 3.63) is 0 Å². The lowest BCUT2D eigenvalue weighted by molar-refractivity contribution is -0.137. The topological polar surface area (TPSA) is 95.7 Å². The summed E-state index contributed by atoms with van der Waals surface area (Å²) in [4.78, 5) is 10.7. The van der Waals surface area contributed by atoms with E-state index in [0.29, 0.717) is 13.2 Å². The van der Waals surface area contributed by atoms with Crippen LogP contribution in [0.2, 0.25) is 0 Å². The number of rotatable bonds is 7. The highest BCUT2D eigenvalue weighted by molar-refractivity contribution is 7.92. The summed E-state index contributed by atoms with van der Waals surface area (Å²) in [6.07, 6.45) is 0. The Morgan fingerprint density at radius 1 is 1.36 bits per heavy atom. The van der Waals surface area contributed by atoms with E-state index in [1.807, 2.05) is 0 Å². The average Bonchev–Trinajstić information content (AvgIpc) is 2.12. The van der Waals surface area contributed by atoms with Crippen molar-refractivity contribution < 1.29 is 22.7 Å². The van der Waals surface area contributed by atoms with Crippen LogP contribution in [0.1, 0.15) is 0 Å². The quantitative estimate of drug-likeness (QED) is 0.420. The van der Waals surface area contributed by atoms with Gasteiger partial charge in [0.05, 0.1) is 26.1 Å². The molecule has 14 heavy (non-hydrogen) atoms. The van der Waals surface area contributed by atoms with Crippen molar-refractivity contribution in [3.8, 4) is 0 Å². The standard InChI is InChI=1S/C7H15NO5S/c1-12-7(9)6-14(10,11)5-4-13-3-2-8/h2-6,8H2,1H3. The first-order chi connectivity index (χ1) is 6.52. The molecule has 0 fully saturated rings. The third-order valence-corrected chi connectivity index (χ3v) is 2.83. The predicted molar refractivity (Wildman–Crippen MR) is 50.5 cm³/mol. The fourth-order valence-electron chi connectivity index (χ4n) is 0.682. The summed E-state index contributed by atoms with van der Waals surface area (Å²) in [5.74, 6) is -1.55. The van der Waals surface area contributed by atoms with Gasteiger partial charge in [0.25, 0.3) is 0 Å². The Hall–Kier alpha value is -0.660. The van der Waals surface area contributed by atoms with E-state index in [0.717, 1.165) is 7.11 Å². The number of carbonyl (C=O) groups is 1. The van der Waals surface area contributed by atoms with E-state index < -0.39 is 21.6 Å². The van der Waals surface area contributed by atoms with E-state index in [-0.39, 0.29) is 12.4 Å². The summed E-state index contributed by atoms with van der Waals surface area (Å²) >= 11 is 0. The summed E-state index contributed by atoms with van der Waals surface area (Å²) in [7, 11) is -2.27. The van der Waals surface area contributed by atoms with Crippen LogP contribution in [0.4, 0.5) is 0 Å². The van der Waals surface area contributed by atoms with Crippen LogP contribution in [0.15, 0.2) is 0 Å². The summed E-state index contributed by atoms with van der Waals surface area (Å²) in [6.45, 7) is 0.710. The fourth-order valence-corrected chi connectivity index (χ4v) is 1.68. The van der Waals surface area contributed by atoms with Gasteiger partial charge in [-0.2, -0.15) is 0 Å². The molecule has 84 valence electrons. The van der Waals surface area contributed by atoms with Crippen LogP contribution < -0.4 is 5.73 Å². The Morgan fingerprint density at radius 2 is 2.00 bits per heavy atom. The maximum Gasteiger partial charge on any atom is 0.320 e. The van der Waals surface area contributed by atoms with Gasteiger partial charge >= 0.3 is 5.97 Å². The Kier molecular flexibility index (Phi) is 6.43. The first kappa shape index (κ1) is 13.3. The lowest BCUT2D eigenvalue weighted by Crippen LogP contribution is -2.23. The molecule has 0 unspecified atom stereocenters. The highest BCUT2D eigenvalue weighted by atomic mass is 32.2. The zero-order valence-corrected chi connectivity index (χ0v) is 8.88. The zero-order chi connectivity index (χ0) is 11.0. The lowest BCUT2D eigenvalue weighted by Gasteiger charge is -2.03. The third kappa shape index (κ3) is 6.81. The SMILES string of the molecule is COC(=O)CS(=O)(=O)CCOCCN. The van der Waals surface area contributed by atoms with Gasteiger partial charge in [-0.15, -0.1) is 0 Å². The van der Waals surface area contributed by atoms with Gasteiger partial charge in [0.1, 0.15) is 5.75 Å². The van der Waals surface area contributed by atoms with Crippen molar-refractivity contribution in [2.24, 2.45) is 5.73 Å². The molecule has 0 atom stereocenters. The second kappa shape index (κ2) is 6.74. The van der Waals surface area contributed by atoms with Crippen molar-refractivity contribution >= 4 is 15.8 Å². The molecule has 0 spiro atoms. The Labute approximate surface area is 83.3 Å². The molecule has 0 aliphatic rings. The number of hydrogen-bond acceptors (Lipinski definition) is 6. The highest BCUT2D eigenvalue weighted by Crippen LogP contribution is 1.92. The van der Waals surface area contributed by atoms with E-state index >= 15 is 0 Å². The molecular formula is C7H15NO5S. The second-order valence-corrected chi connectivity index (χ2v) is 4.75. The average molecular weight is 225 g/mol. The van der Waals surface area contributed by atoms with Crippen LogP contribution in [-0.4, -0.2) is 52.8 Å². The zero-order valence-electron chi connectivity index (χ0n) is 8.06. The Morgan fingerprint density at radius 3 is 2.50 bits per heavy atom. The molecule has 7 heteroatoms. The molecule has 0 amide bonds. The maximum atomic E-state index is 11.2. The van der Waals surface area contributed by atoms with Crippen LogP contribution in [0, 0.1) is 0 Å². The van der Waals surface area contributed by atoms with E-state index in [9.17, 15) is 13.2 Å². The minimum Gasteiger partial charge on any atom is -0.468 e. The molecule has 0 radical (unpaired) electrons. The lowest BCUT2D eigenvalue weighted by atomic mass is 10.7. The number of carbonyl (C=O) groups excluding carboxylic acids is 1. The van der Waals surface area contributed by atoms with E-state index in [2.05, 4.69) is 4.74 Å². The minimum atomic E-state index is -3.41. The van der Waals surface area contributed by atoms with Gasteiger partial charge in [-0.3, -0.25) is 4.79 Å². The van der Waals surface area contributed by atoms with Gasteiger partial charge in [-0.05, 0) is 0 Å². The number of methoxy groups -OCH3 is 1. The molecule has 0 saturated carbocycles. The van der Waals surface area contributed by atoms with Crippen molar-refractivity contribution in [2.45, 2.75) is 0 Å². The summed E-state index contributed by atoms with van der Waals surface area (Å²) in [5.41, 5.74) is 5.13. The normalized spacial score (nSPS) is 11.3. The monoisotopic (exact) mass is 225 g/mol. The molecule has 0 heterocycles. The Bertz CT molecular complexity index is 261. The van der Waals surface area contributed by atoms with Gasteiger partial charge in [-0.1, -0.05) is 0 Å². The van der Waals surface area contributed by atoms with Crippen molar-refractivity contribution in [2.75, 3.05) is 38.4 Å². The van der Waals surface area contributed by atoms with Crippen LogP contribution in [-0.2, 0) is 24.1 Å². The first-order valence-corrected chi connectivity index (χ1v) is 5.89. The molecule has 0 aliphatic carbocycles. The molecule has 0 bridgehead atoms. The van der Waals surface area contributed by atoms with Gasteiger partial charge < -0.3 is 15.2 Å². The number of esters is 1. The van der Waals surface area contributed by atoms with Crippen LogP contribution in [0.3, 0.4) is 0 Å². The van der Waals surface area contributed by atoms with Crippen LogP contribution >= 0.6 is 0 Å². The van der Waals surface area contributed by atoms with Crippen molar-refractivity contribution in [1.82, 2.24) is 0 Å². The Balaban J connectivity index is 3.79. The second-order valence-electron chi connectivity index (χ2n) is 2.57. The molecule has 0 aromatic carbocycles. The van der Waals surface area contributed by atoms with Crippen molar-refractivity contribution in [3.63, 3.8) is 0 Å². The van der Waals surface area contributed by atoms with E-state index in [1.165, 1.54) is 0 Å². The van der Waals surface area contributed by atoms with Gasteiger partial charge in [-0.25, -0.2) is 8.42 Å². The van der Waals surface area contributed by atoms with Crippen LogP contribution in [0.5, 0.6) is 0 Å². The number of ether oxygens (including phenoxy) is 2.